The lowest BCUT2D eigenvalue weighted by Gasteiger charge is -2.56. The van der Waals surface area contributed by atoms with Gasteiger partial charge in [0.15, 0.2) is 0 Å². The molecule has 5 heteroatoms. The molecule has 0 bridgehead atoms. The van der Waals surface area contributed by atoms with Gasteiger partial charge in [-0.05, 0) is 0 Å². The van der Waals surface area contributed by atoms with E-state index in [1.807, 2.05) is 0 Å². The number of benzene rings is 2. The Morgan fingerprint density at radius 1 is 0.520 bits per heavy atom. The molecule has 0 aliphatic heterocycles. The van der Waals surface area contributed by atoms with Crippen LogP contribution in [0.25, 0.3) is 0 Å². The molecular formula is C20H34Si5. The summed E-state index contributed by atoms with van der Waals surface area (Å²) in [5.74, 6) is 0. The second kappa shape index (κ2) is 7.64. The Balaban J connectivity index is 3.00. The predicted molar refractivity (Wildman–Crippen MR) is 128 cm³/mol. The molecule has 0 amide bonds. The van der Waals surface area contributed by atoms with Gasteiger partial charge in [0.1, 0.15) is 0 Å². The molecule has 0 atom stereocenters. The second-order valence-corrected chi connectivity index (χ2v) is 51.9. The fourth-order valence-electron chi connectivity index (χ4n) is 4.52. The van der Waals surface area contributed by atoms with Gasteiger partial charge >= 0.3 is 0 Å². The van der Waals surface area contributed by atoms with Gasteiger partial charge in [-0.25, -0.2) is 0 Å². The van der Waals surface area contributed by atoms with Crippen LogP contribution in [0.5, 0.6) is 0 Å². The minimum atomic E-state index is -1.76. The van der Waals surface area contributed by atoms with Crippen molar-refractivity contribution in [2.45, 2.75) is 52.4 Å². The molecule has 2 rings (SSSR count). The van der Waals surface area contributed by atoms with Crippen LogP contribution in [0.4, 0.5) is 0 Å². The summed E-state index contributed by atoms with van der Waals surface area (Å²) in [7, 11) is -5.24. The third-order valence-corrected chi connectivity index (χ3v) is 79.2. The van der Waals surface area contributed by atoms with E-state index in [9.17, 15) is 0 Å². The maximum Gasteiger partial charge on any atom is 0.0985 e. The van der Waals surface area contributed by atoms with E-state index in [1.165, 1.54) is 0 Å². The van der Waals surface area contributed by atoms with Gasteiger partial charge in [-0.3, -0.25) is 0 Å². The van der Waals surface area contributed by atoms with Crippen LogP contribution in [-0.4, -0.2) is 38.0 Å². The topological polar surface area (TPSA) is 0 Å². The molecule has 0 spiro atoms. The Labute approximate surface area is 161 Å². The summed E-state index contributed by atoms with van der Waals surface area (Å²) in [6, 6.07) is 23.6. The molecular weight excluding hydrogens is 381 g/mol. The summed E-state index contributed by atoms with van der Waals surface area (Å²) >= 11 is 0. The largest absolute Gasteiger partial charge is 0.0985 e. The first-order valence-electron chi connectivity index (χ1n) is 9.32. The van der Waals surface area contributed by atoms with E-state index in [2.05, 4.69) is 113 Å². The first kappa shape index (κ1) is 20.8. The van der Waals surface area contributed by atoms with E-state index < -0.39 is 21.3 Å². The molecule has 2 radical (unpaired) electrons. The van der Waals surface area contributed by atoms with Gasteiger partial charge in [-0.2, -0.15) is 0 Å². The number of hydrogen-bond donors (Lipinski definition) is 0. The van der Waals surface area contributed by atoms with E-state index in [1.54, 1.807) is 10.4 Å². The fourth-order valence-corrected chi connectivity index (χ4v) is 98.5. The van der Waals surface area contributed by atoms with Crippen LogP contribution in [0.1, 0.15) is 0 Å². The molecule has 0 aliphatic rings. The lowest BCUT2D eigenvalue weighted by molar-refractivity contribution is 1.71. The predicted octanol–water partition coefficient (Wildman–Crippen LogP) is 4.49. The lowest BCUT2D eigenvalue weighted by atomic mass is 10.4. The lowest BCUT2D eigenvalue weighted by Crippen LogP contribution is -2.91. The maximum atomic E-state index is 2.76. The van der Waals surface area contributed by atoms with Gasteiger partial charge in [0.2, 0.25) is 0 Å². The van der Waals surface area contributed by atoms with Crippen LogP contribution in [0, 0.1) is 0 Å². The second-order valence-electron chi connectivity index (χ2n) is 8.73. The van der Waals surface area contributed by atoms with Gasteiger partial charge in [-0.15, -0.1) is 0 Å². The first-order valence-corrected chi connectivity index (χ1v) is 26.3. The van der Waals surface area contributed by atoms with Crippen molar-refractivity contribution < 1.29 is 0 Å². The third-order valence-electron chi connectivity index (χ3n) is 6.79. The average molecular weight is 415 g/mol. The highest BCUT2D eigenvalue weighted by molar-refractivity contribution is 7.94. The molecule has 25 heavy (non-hydrogen) atoms. The van der Waals surface area contributed by atoms with Crippen LogP contribution >= 0.6 is 0 Å². The van der Waals surface area contributed by atoms with E-state index in [0.29, 0.717) is 0 Å². The van der Waals surface area contributed by atoms with E-state index >= 15 is 0 Å². The fraction of sp³-hybridized carbons (Fsp3) is 0.400. The minimum Gasteiger partial charge on any atom is -0.0735 e. The zero-order valence-electron chi connectivity index (χ0n) is 17.3. The molecule has 0 aliphatic carbocycles. The minimum absolute atomic E-state index is 0.325. The molecule has 0 N–H and O–H groups in total. The Bertz CT molecular complexity index is 616. The van der Waals surface area contributed by atoms with Crippen molar-refractivity contribution in [1.29, 1.82) is 0 Å². The van der Waals surface area contributed by atoms with Crippen molar-refractivity contribution >= 4 is 48.3 Å². The number of hydrogen-bond acceptors (Lipinski definition) is 0. The van der Waals surface area contributed by atoms with Crippen molar-refractivity contribution in [3.05, 3.63) is 60.7 Å². The Morgan fingerprint density at radius 3 is 1.04 bits per heavy atom. The normalized spacial score (nSPS) is 13.5. The van der Waals surface area contributed by atoms with Gasteiger partial charge in [0, 0.05) is 30.8 Å². The van der Waals surface area contributed by atoms with Crippen molar-refractivity contribution in [3.63, 3.8) is 0 Å². The zero-order valence-corrected chi connectivity index (χ0v) is 22.3. The molecule has 0 unspecified atom stereocenters. The van der Waals surface area contributed by atoms with Crippen LogP contribution in [-0.2, 0) is 0 Å². The van der Waals surface area contributed by atoms with Gasteiger partial charge in [0.05, 0.1) is 7.11 Å². The van der Waals surface area contributed by atoms with E-state index in [0.717, 1.165) is 0 Å². The summed E-state index contributed by atoms with van der Waals surface area (Å²) in [4.78, 5) is 0. The molecule has 0 saturated heterocycles. The highest BCUT2D eigenvalue weighted by atomic mass is 29.9. The number of rotatable bonds is 6. The van der Waals surface area contributed by atoms with E-state index in [-0.39, 0.29) is 16.6 Å². The van der Waals surface area contributed by atoms with Gasteiger partial charge < -0.3 is 0 Å². The Hall–Kier alpha value is -0.476. The van der Waals surface area contributed by atoms with Gasteiger partial charge in [0.25, 0.3) is 0 Å². The maximum absolute atomic E-state index is 2.76. The summed E-state index contributed by atoms with van der Waals surface area (Å²) in [5, 5.41) is 3.49. The van der Waals surface area contributed by atoms with E-state index in [4.69, 9.17) is 0 Å². The van der Waals surface area contributed by atoms with Crippen molar-refractivity contribution in [2.75, 3.05) is 0 Å². The summed E-state index contributed by atoms with van der Waals surface area (Å²) in [6.07, 6.45) is 0. The molecule has 0 fully saturated rings. The van der Waals surface area contributed by atoms with Crippen LogP contribution in [0.15, 0.2) is 60.7 Å². The zero-order chi connectivity index (χ0) is 18.9. The quantitative estimate of drug-likeness (QED) is 0.611. The van der Waals surface area contributed by atoms with Crippen LogP contribution < -0.4 is 10.4 Å². The monoisotopic (exact) mass is 414 g/mol. The summed E-state index contributed by atoms with van der Waals surface area (Å²) in [6.45, 7) is 21.4. The molecule has 0 nitrogen and oxygen atoms in total. The Morgan fingerprint density at radius 2 is 0.800 bits per heavy atom. The molecule has 0 aromatic heterocycles. The molecule has 134 valence electrons. The standard InChI is InChI=1S/C20H34Si5/c1-21(2)23(5,6)25(24(7,8)22(3)4,19-15-11-9-12-16-19)20-17-13-10-14-18-20/h9-18H,1-8H3. The Kier molecular flexibility index (Phi) is 6.37. The van der Waals surface area contributed by atoms with Crippen LogP contribution in [0.3, 0.4) is 0 Å². The molecule has 2 aromatic carbocycles. The highest BCUT2D eigenvalue weighted by Gasteiger charge is 2.62. The molecule has 0 heterocycles. The van der Waals surface area contributed by atoms with Crippen molar-refractivity contribution in [1.82, 2.24) is 0 Å². The smallest absolute Gasteiger partial charge is 0.0735 e. The van der Waals surface area contributed by atoms with Gasteiger partial charge in [-0.1, -0.05) is 123 Å². The highest BCUT2D eigenvalue weighted by Crippen LogP contribution is 2.32. The summed E-state index contributed by atoms with van der Waals surface area (Å²) in [5.41, 5.74) is 0. The SMILES string of the molecule is C[Si](C)[Si](C)(C)[Si](c1ccccc1)(c1ccccc1)[Si](C)(C)[Si](C)C. The third kappa shape index (κ3) is 3.29. The molecule has 0 saturated carbocycles. The van der Waals surface area contributed by atoms with Crippen LogP contribution in [0.2, 0.25) is 52.4 Å². The average Bonchev–Trinajstić information content (AvgIpc) is 2.56. The molecule has 2 aromatic rings. The van der Waals surface area contributed by atoms with Crippen molar-refractivity contribution in [2.24, 2.45) is 0 Å². The summed E-state index contributed by atoms with van der Waals surface area (Å²) < 4.78 is 0. The van der Waals surface area contributed by atoms with Crippen molar-refractivity contribution in [3.8, 4) is 0 Å². The first-order chi connectivity index (χ1) is 11.6.